The summed E-state index contributed by atoms with van der Waals surface area (Å²) >= 11 is 0. The summed E-state index contributed by atoms with van der Waals surface area (Å²) in [5, 5.41) is 11.5. The van der Waals surface area contributed by atoms with Gasteiger partial charge in [-0.2, -0.15) is 0 Å². The number of carbonyl (C=O) groups excluding carboxylic acids is 1. The Balaban J connectivity index is 3.54. The summed E-state index contributed by atoms with van der Waals surface area (Å²) in [7, 11) is 0. The van der Waals surface area contributed by atoms with E-state index in [1.807, 2.05) is 0 Å². The summed E-state index contributed by atoms with van der Waals surface area (Å²) < 4.78 is 5.06. The lowest BCUT2D eigenvalue weighted by atomic mass is 10.1. The van der Waals surface area contributed by atoms with Crippen molar-refractivity contribution < 1.29 is 19.4 Å². The van der Waals surface area contributed by atoms with E-state index in [1.54, 1.807) is 0 Å². The maximum Gasteiger partial charge on any atom is 0.407 e. The van der Waals surface area contributed by atoms with E-state index in [0.29, 0.717) is 26.0 Å². The molecule has 6 heteroatoms. The Morgan fingerprint density at radius 3 is 2.00 bits per heavy atom. The molecule has 0 heterocycles. The summed E-state index contributed by atoms with van der Waals surface area (Å²) in [4.78, 5) is 22.7. The SMILES string of the molecule is CCCCCCCCCCCCOC(=O)N[C@@H](CCCCN)C(=O)O. The Bertz CT molecular complexity index is 337. The van der Waals surface area contributed by atoms with Gasteiger partial charge in [-0.15, -0.1) is 0 Å². The Kier molecular flexibility index (Phi) is 16.6. The van der Waals surface area contributed by atoms with Gasteiger partial charge >= 0.3 is 12.1 Å². The van der Waals surface area contributed by atoms with Crippen LogP contribution in [-0.2, 0) is 9.53 Å². The topological polar surface area (TPSA) is 102 Å². The number of hydrogen-bond donors (Lipinski definition) is 3. The highest BCUT2D eigenvalue weighted by atomic mass is 16.5. The van der Waals surface area contributed by atoms with Crippen LogP contribution in [0.25, 0.3) is 0 Å². The van der Waals surface area contributed by atoms with E-state index in [4.69, 9.17) is 15.6 Å². The van der Waals surface area contributed by atoms with Crippen molar-refractivity contribution in [3.8, 4) is 0 Å². The molecule has 4 N–H and O–H groups in total. The summed E-state index contributed by atoms with van der Waals surface area (Å²) in [6.07, 6.45) is 13.3. The first-order valence-electron chi connectivity index (χ1n) is 9.98. The highest BCUT2D eigenvalue weighted by molar-refractivity contribution is 5.79. The van der Waals surface area contributed by atoms with E-state index in [2.05, 4.69) is 12.2 Å². The van der Waals surface area contributed by atoms with E-state index in [9.17, 15) is 9.59 Å². The van der Waals surface area contributed by atoms with Gasteiger partial charge in [-0.1, -0.05) is 64.7 Å². The molecule has 0 saturated heterocycles. The first-order chi connectivity index (χ1) is 12.1. The van der Waals surface area contributed by atoms with E-state index in [-0.39, 0.29) is 0 Å². The van der Waals surface area contributed by atoms with Gasteiger partial charge in [0.05, 0.1) is 6.61 Å². The van der Waals surface area contributed by atoms with Gasteiger partial charge in [-0.3, -0.25) is 0 Å². The average Bonchev–Trinajstić information content (AvgIpc) is 2.58. The highest BCUT2D eigenvalue weighted by Crippen LogP contribution is 2.10. The number of hydrogen-bond acceptors (Lipinski definition) is 4. The number of aliphatic carboxylic acids is 1. The van der Waals surface area contributed by atoms with Crippen LogP contribution in [0.3, 0.4) is 0 Å². The minimum atomic E-state index is -1.03. The van der Waals surface area contributed by atoms with Crippen LogP contribution in [0.1, 0.15) is 90.4 Å². The number of carboxylic acid groups (broad SMARTS) is 1. The molecule has 0 aliphatic heterocycles. The van der Waals surface area contributed by atoms with Crippen LogP contribution in [0.2, 0.25) is 0 Å². The molecule has 6 nitrogen and oxygen atoms in total. The summed E-state index contributed by atoms with van der Waals surface area (Å²) in [6.45, 7) is 3.10. The van der Waals surface area contributed by atoms with E-state index in [1.165, 1.54) is 44.9 Å². The Labute approximate surface area is 152 Å². The van der Waals surface area contributed by atoms with Crippen molar-refractivity contribution in [2.45, 2.75) is 96.4 Å². The molecular formula is C19H38N2O4. The van der Waals surface area contributed by atoms with Crippen LogP contribution in [0.15, 0.2) is 0 Å². The van der Waals surface area contributed by atoms with E-state index < -0.39 is 18.1 Å². The molecule has 0 aromatic carbocycles. The second kappa shape index (κ2) is 17.5. The number of alkyl carbamates (subject to hydrolysis) is 1. The molecule has 0 aliphatic rings. The van der Waals surface area contributed by atoms with Crippen molar-refractivity contribution in [2.24, 2.45) is 5.73 Å². The molecule has 1 atom stereocenters. The predicted molar refractivity (Wildman–Crippen MR) is 101 cm³/mol. The number of unbranched alkanes of at least 4 members (excludes halogenated alkanes) is 10. The zero-order valence-electron chi connectivity index (χ0n) is 15.9. The molecule has 0 saturated carbocycles. The Morgan fingerprint density at radius 1 is 0.920 bits per heavy atom. The van der Waals surface area contributed by atoms with Gasteiger partial charge in [0.15, 0.2) is 0 Å². The van der Waals surface area contributed by atoms with Crippen molar-refractivity contribution in [3.63, 3.8) is 0 Å². The summed E-state index contributed by atoms with van der Waals surface area (Å²) in [5.41, 5.74) is 5.38. The molecule has 0 spiro atoms. The fourth-order valence-corrected chi connectivity index (χ4v) is 2.69. The van der Waals surface area contributed by atoms with Gasteiger partial charge in [0, 0.05) is 0 Å². The van der Waals surface area contributed by atoms with Gasteiger partial charge in [0.1, 0.15) is 6.04 Å². The number of nitrogens with two attached hydrogens (primary N) is 1. The number of carboxylic acids is 1. The maximum atomic E-state index is 11.6. The fourth-order valence-electron chi connectivity index (χ4n) is 2.69. The first kappa shape index (κ1) is 23.7. The van der Waals surface area contributed by atoms with E-state index >= 15 is 0 Å². The van der Waals surface area contributed by atoms with Crippen molar-refractivity contribution in [1.82, 2.24) is 5.32 Å². The monoisotopic (exact) mass is 358 g/mol. The molecule has 0 fully saturated rings. The summed E-state index contributed by atoms with van der Waals surface area (Å²) in [6, 6.07) is -0.897. The molecule has 0 rings (SSSR count). The van der Waals surface area contributed by atoms with Crippen LogP contribution in [0.4, 0.5) is 4.79 Å². The molecule has 0 radical (unpaired) electrons. The van der Waals surface area contributed by atoms with Gasteiger partial charge in [0.25, 0.3) is 0 Å². The molecule has 148 valence electrons. The molecule has 0 bridgehead atoms. The zero-order valence-corrected chi connectivity index (χ0v) is 15.9. The predicted octanol–water partition coefficient (Wildman–Crippen LogP) is 4.22. The van der Waals surface area contributed by atoms with Gasteiger partial charge in [0.2, 0.25) is 0 Å². The smallest absolute Gasteiger partial charge is 0.407 e. The van der Waals surface area contributed by atoms with Crippen molar-refractivity contribution in [2.75, 3.05) is 13.2 Å². The quantitative estimate of drug-likeness (QED) is 0.338. The van der Waals surface area contributed by atoms with Crippen LogP contribution >= 0.6 is 0 Å². The minimum Gasteiger partial charge on any atom is -0.480 e. The lowest BCUT2D eigenvalue weighted by molar-refractivity contribution is -0.139. The molecule has 0 aliphatic carbocycles. The maximum absolute atomic E-state index is 11.6. The summed E-state index contributed by atoms with van der Waals surface area (Å²) in [5.74, 6) is -1.03. The second-order valence-corrected chi connectivity index (χ2v) is 6.64. The third kappa shape index (κ3) is 15.9. The molecule has 0 aromatic heterocycles. The molecule has 0 aromatic rings. The fraction of sp³-hybridized carbons (Fsp3) is 0.895. The number of carbonyl (C=O) groups is 2. The lowest BCUT2D eigenvalue weighted by Crippen LogP contribution is -2.41. The van der Waals surface area contributed by atoms with Crippen molar-refractivity contribution in [1.29, 1.82) is 0 Å². The van der Waals surface area contributed by atoms with Crippen LogP contribution in [0, 0.1) is 0 Å². The third-order valence-corrected chi connectivity index (χ3v) is 4.27. The molecule has 1 amide bonds. The number of ether oxygens (including phenoxy) is 1. The molecular weight excluding hydrogens is 320 g/mol. The molecule has 25 heavy (non-hydrogen) atoms. The van der Waals surface area contributed by atoms with Crippen LogP contribution in [-0.4, -0.2) is 36.4 Å². The van der Waals surface area contributed by atoms with Crippen molar-refractivity contribution >= 4 is 12.1 Å². The second-order valence-electron chi connectivity index (χ2n) is 6.64. The van der Waals surface area contributed by atoms with Gasteiger partial charge in [-0.05, 0) is 32.2 Å². The first-order valence-corrected chi connectivity index (χ1v) is 9.98. The van der Waals surface area contributed by atoms with E-state index in [0.717, 1.165) is 25.7 Å². The normalized spacial score (nSPS) is 11.9. The van der Waals surface area contributed by atoms with Crippen molar-refractivity contribution in [3.05, 3.63) is 0 Å². The zero-order chi connectivity index (χ0) is 18.8. The van der Waals surface area contributed by atoms with Gasteiger partial charge < -0.3 is 20.9 Å². The standard InChI is InChI=1S/C19H38N2O4/c1-2-3-4-5-6-7-8-9-10-13-16-25-19(24)21-17(18(22)23)14-11-12-15-20/h17H,2-16,20H2,1H3,(H,21,24)(H,22,23)/t17-/m0/s1. The van der Waals surface area contributed by atoms with Crippen LogP contribution < -0.4 is 11.1 Å². The molecule has 0 unspecified atom stereocenters. The van der Waals surface area contributed by atoms with Crippen LogP contribution in [0.5, 0.6) is 0 Å². The average molecular weight is 359 g/mol. The Hall–Kier alpha value is -1.30. The number of rotatable bonds is 17. The lowest BCUT2D eigenvalue weighted by Gasteiger charge is -2.14. The van der Waals surface area contributed by atoms with Gasteiger partial charge in [-0.25, -0.2) is 9.59 Å². The third-order valence-electron chi connectivity index (χ3n) is 4.27. The largest absolute Gasteiger partial charge is 0.480 e. The number of nitrogens with one attached hydrogen (secondary N) is 1. The highest BCUT2D eigenvalue weighted by Gasteiger charge is 2.19. The Morgan fingerprint density at radius 2 is 1.48 bits per heavy atom. The minimum absolute atomic E-state index is 0.345. The number of amides is 1.